The summed E-state index contributed by atoms with van der Waals surface area (Å²) in [7, 11) is 0. The molecule has 0 nitrogen and oxygen atoms in total. The van der Waals surface area contributed by atoms with Crippen LogP contribution in [-0.2, 0) is 0 Å². The molecule has 0 bridgehead atoms. The Hall–Kier alpha value is -1.58. The van der Waals surface area contributed by atoms with Crippen molar-refractivity contribution in [3.8, 4) is 37.0 Å². The van der Waals surface area contributed by atoms with Gasteiger partial charge >= 0.3 is 0 Å². The second-order valence-corrected chi connectivity index (χ2v) is 2.17. The predicted octanol–water partition coefficient (Wildman–Crippen LogP) is 1.84. The van der Waals surface area contributed by atoms with Gasteiger partial charge in [0.2, 0.25) is 0 Å². The third kappa shape index (κ3) is 3.20. The molecular formula is C11H10. The van der Waals surface area contributed by atoms with Gasteiger partial charge in [0.25, 0.3) is 0 Å². The zero-order valence-corrected chi connectivity index (χ0v) is 6.43. The van der Waals surface area contributed by atoms with Crippen LogP contribution in [0.25, 0.3) is 0 Å². The fourth-order valence-corrected chi connectivity index (χ4v) is 0.693. The molecule has 0 aromatic carbocycles. The average molecular weight is 142 g/mol. The van der Waals surface area contributed by atoms with E-state index in [0.717, 1.165) is 5.57 Å². The quantitative estimate of drug-likeness (QED) is 0.416. The van der Waals surface area contributed by atoms with E-state index in [4.69, 9.17) is 19.3 Å². The van der Waals surface area contributed by atoms with Gasteiger partial charge in [-0.25, -0.2) is 0 Å². The molecule has 0 heterocycles. The van der Waals surface area contributed by atoms with E-state index in [1.807, 2.05) is 0 Å². The summed E-state index contributed by atoms with van der Waals surface area (Å²) in [5.41, 5.74) is 0.855. The number of rotatable bonds is 3. The van der Waals surface area contributed by atoms with Crippen molar-refractivity contribution in [1.82, 2.24) is 0 Å². The maximum absolute atomic E-state index is 5.22. The number of allylic oxidation sites excluding steroid dienone is 1. The molecule has 0 aliphatic carbocycles. The van der Waals surface area contributed by atoms with E-state index in [1.165, 1.54) is 0 Å². The van der Waals surface area contributed by atoms with Crippen molar-refractivity contribution in [3.05, 3.63) is 12.2 Å². The number of hydrogen-bond donors (Lipinski definition) is 0. The lowest BCUT2D eigenvalue weighted by molar-refractivity contribution is 0.805. The fourth-order valence-electron chi connectivity index (χ4n) is 0.693. The number of hydrogen-bond acceptors (Lipinski definition) is 0. The van der Waals surface area contributed by atoms with Crippen molar-refractivity contribution >= 4 is 0 Å². The van der Waals surface area contributed by atoms with Crippen LogP contribution in [0.2, 0.25) is 0 Å². The molecule has 0 saturated heterocycles. The van der Waals surface area contributed by atoms with E-state index in [1.54, 1.807) is 0 Å². The van der Waals surface area contributed by atoms with Crippen molar-refractivity contribution in [2.24, 2.45) is 5.92 Å². The van der Waals surface area contributed by atoms with Gasteiger partial charge in [-0.05, 0) is 5.57 Å². The van der Waals surface area contributed by atoms with Crippen molar-refractivity contribution < 1.29 is 0 Å². The first-order valence-corrected chi connectivity index (χ1v) is 3.27. The molecule has 0 radical (unpaired) electrons. The fraction of sp³-hybridized carbons (Fsp3) is 0.273. The van der Waals surface area contributed by atoms with Crippen LogP contribution in [0.5, 0.6) is 0 Å². The molecule has 0 aromatic rings. The van der Waals surface area contributed by atoms with Crippen LogP contribution < -0.4 is 0 Å². The Morgan fingerprint density at radius 3 is 2.27 bits per heavy atom. The zero-order chi connectivity index (χ0) is 8.69. The maximum Gasteiger partial charge on any atom is 0.0525 e. The third-order valence-electron chi connectivity index (χ3n) is 1.35. The van der Waals surface area contributed by atoms with Crippen molar-refractivity contribution in [1.29, 1.82) is 0 Å². The SMILES string of the molecule is C#CCC(=C)C(C#C)CC#C. The third-order valence-corrected chi connectivity index (χ3v) is 1.35. The minimum Gasteiger partial charge on any atom is -0.120 e. The summed E-state index contributed by atoms with van der Waals surface area (Å²) < 4.78 is 0. The highest BCUT2D eigenvalue weighted by molar-refractivity contribution is 5.20. The topological polar surface area (TPSA) is 0 Å². The molecular weight excluding hydrogens is 132 g/mol. The van der Waals surface area contributed by atoms with Gasteiger partial charge < -0.3 is 0 Å². The Morgan fingerprint density at radius 2 is 1.91 bits per heavy atom. The molecule has 0 amide bonds. The van der Waals surface area contributed by atoms with Crippen molar-refractivity contribution in [2.75, 3.05) is 0 Å². The summed E-state index contributed by atoms with van der Waals surface area (Å²) in [6, 6.07) is 0. The van der Waals surface area contributed by atoms with Gasteiger partial charge in [0, 0.05) is 12.8 Å². The molecule has 1 unspecified atom stereocenters. The van der Waals surface area contributed by atoms with Crippen LogP contribution in [0.3, 0.4) is 0 Å². The van der Waals surface area contributed by atoms with Crippen LogP contribution in [0.1, 0.15) is 12.8 Å². The van der Waals surface area contributed by atoms with Crippen molar-refractivity contribution in [2.45, 2.75) is 12.8 Å². The first kappa shape index (κ1) is 9.42. The summed E-state index contributed by atoms with van der Waals surface area (Å²) in [5, 5.41) is 0. The second kappa shape index (κ2) is 5.22. The van der Waals surface area contributed by atoms with Gasteiger partial charge in [0.05, 0.1) is 5.92 Å². The Bertz CT molecular complexity index is 249. The lowest BCUT2D eigenvalue weighted by Gasteiger charge is -2.06. The normalized spacial score (nSPS) is 10.3. The lowest BCUT2D eigenvalue weighted by atomic mass is 9.96. The van der Waals surface area contributed by atoms with Gasteiger partial charge in [0.15, 0.2) is 0 Å². The highest BCUT2D eigenvalue weighted by atomic mass is 14.1. The Labute approximate surface area is 68.7 Å². The summed E-state index contributed by atoms with van der Waals surface area (Å²) in [5.74, 6) is 7.45. The molecule has 0 rings (SSSR count). The van der Waals surface area contributed by atoms with E-state index in [-0.39, 0.29) is 5.92 Å². The molecule has 0 aliphatic heterocycles. The van der Waals surface area contributed by atoms with Crippen LogP contribution in [-0.4, -0.2) is 0 Å². The zero-order valence-electron chi connectivity index (χ0n) is 6.43. The van der Waals surface area contributed by atoms with E-state index >= 15 is 0 Å². The molecule has 0 aliphatic rings. The highest BCUT2D eigenvalue weighted by Crippen LogP contribution is 2.14. The lowest BCUT2D eigenvalue weighted by Crippen LogP contribution is -1.98. The second-order valence-electron chi connectivity index (χ2n) is 2.17. The molecule has 0 heteroatoms. The summed E-state index contributed by atoms with van der Waals surface area (Å²) >= 11 is 0. The van der Waals surface area contributed by atoms with Gasteiger partial charge in [-0.2, -0.15) is 0 Å². The van der Waals surface area contributed by atoms with E-state index in [0.29, 0.717) is 12.8 Å². The largest absolute Gasteiger partial charge is 0.120 e. The molecule has 0 N–H and O–H groups in total. The molecule has 0 aromatic heterocycles. The van der Waals surface area contributed by atoms with Crippen LogP contribution >= 0.6 is 0 Å². The Balaban J connectivity index is 4.11. The molecule has 1 atom stereocenters. The average Bonchev–Trinajstić information content (AvgIpc) is 2.00. The molecule has 54 valence electrons. The summed E-state index contributed by atoms with van der Waals surface area (Å²) in [4.78, 5) is 0. The Kier molecular flexibility index (Phi) is 4.47. The first-order chi connectivity index (χ1) is 5.26. The summed E-state index contributed by atoms with van der Waals surface area (Å²) in [6.07, 6.45) is 16.4. The molecule has 0 fully saturated rings. The highest BCUT2D eigenvalue weighted by Gasteiger charge is 2.05. The monoisotopic (exact) mass is 142 g/mol. The summed E-state index contributed by atoms with van der Waals surface area (Å²) in [6.45, 7) is 3.75. The first-order valence-electron chi connectivity index (χ1n) is 3.27. The molecule has 11 heavy (non-hydrogen) atoms. The van der Waals surface area contributed by atoms with Crippen LogP contribution in [0.15, 0.2) is 12.2 Å². The minimum atomic E-state index is -0.0592. The van der Waals surface area contributed by atoms with E-state index in [2.05, 4.69) is 24.3 Å². The minimum absolute atomic E-state index is 0.0592. The Morgan fingerprint density at radius 1 is 1.27 bits per heavy atom. The van der Waals surface area contributed by atoms with Gasteiger partial charge in [-0.15, -0.1) is 31.1 Å². The van der Waals surface area contributed by atoms with Gasteiger partial charge in [0.1, 0.15) is 0 Å². The van der Waals surface area contributed by atoms with E-state index in [9.17, 15) is 0 Å². The van der Waals surface area contributed by atoms with E-state index < -0.39 is 0 Å². The van der Waals surface area contributed by atoms with Gasteiger partial charge in [-0.1, -0.05) is 12.5 Å². The predicted molar refractivity (Wildman–Crippen MR) is 48.4 cm³/mol. The van der Waals surface area contributed by atoms with Crippen LogP contribution in [0.4, 0.5) is 0 Å². The molecule has 0 saturated carbocycles. The smallest absolute Gasteiger partial charge is 0.0525 e. The molecule has 0 spiro atoms. The van der Waals surface area contributed by atoms with Crippen LogP contribution in [0, 0.1) is 42.9 Å². The number of terminal acetylenes is 3. The van der Waals surface area contributed by atoms with Gasteiger partial charge in [-0.3, -0.25) is 0 Å². The standard InChI is InChI=1S/C11H10/c1-5-8-10(4)11(7-3)9-6-2/h1-3,11H,4,8-9H2. The maximum atomic E-state index is 5.22. The van der Waals surface area contributed by atoms with Crippen molar-refractivity contribution in [3.63, 3.8) is 0 Å².